The first kappa shape index (κ1) is 95.6. The van der Waals surface area contributed by atoms with E-state index in [4.69, 9.17) is 0 Å². The second-order valence-corrected chi connectivity index (χ2v) is 57.9. The van der Waals surface area contributed by atoms with Gasteiger partial charge in [-0.05, 0) is 172 Å². The maximum atomic E-state index is 4.23. The number of rotatable bonds is 45. The second kappa shape index (κ2) is 51.8. The third kappa shape index (κ3) is 32.0. The lowest BCUT2D eigenvalue weighted by Crippen LogP contribution is -2.43. The Kier molecular flexibility index (Phi) is 46.8. The molecule has 0 aliphatic rings. The van der Waals surface area contributed by atoms with Gasteiger partial charge in [-0.2, -0.15) is 0 Å². The van der Waals surface area contributed by atoms with E-state index in [1.165, 1.54) is 228 Å². The molecule has 0 atom stereocenters. The maximum Gasteiger partial charge on any atom is 0.146 e. The van der Waals surface area contributed by atoms with Crippen molar-refractivity contribution in [1.82, 2.24) is 0 Å². The lowest BCUT2D eigenvalue weighted by atomic mass is 9.91. The molecule has 0 aliphatic carbocycles. The molecule has 3 rings (SSSR count). The maximum absolute atomic E-state index is 4.23. The van der Waals surface area contributed by atoms with Gasteiger partial charge in [-0.25, -0.2) is 0 Å². The zero-order valence-corrected chi connectivity index (χ0v) is 78.1. The van der Waals surface area contributed by atoms with Crippen molar-refractivity contribution < 1.29 is 0 Å². The predicted molar refractivity (Wildman–Crippen MR) is 488 cm³/mol. The molecule has 0 N–H and O–H groups in total. The third-order valence-electron chi connectivity index (χ3n) is 24.2. The van der Waals surface area contributed by atoms with Crippen LogP contribution in [0.15, 0.2) is 36.4 Å². The van der Waals surface area contributed by atoms with Gasteiger partial charge in [0.2, 0.25) is 0 Å². The van der Waals surface area contributed by atoms with Gasteiger partial charge in [-0.1, -0.05) is 399 Å². The predicted octanol–water partition coefficient (Wildman–Crippen LogP) is 31.2. The molecule has 106 heavy (non-hydrogen) atoms. The first-order chi connectivity index (χ1) is 50.5. The largest absolute Gasteiger partial charge is 0.146 e. The van der Waals surface area contributed by atoms with E-state index in [0.717, 1.165) is 70.2 Å². The summed E-state index contributed by atoms with van der Waals surface area (Å²) in [5.74, 6) is 38.4. The Morgan fingerprint density at radius 1 is 0.208 bits per heavy atom. The van der Waals surface area contributed by atoms with Gasteiger partial charge in [0.05, 0.1) is 0 Å². The summed E-state index contributed by atoms with van der Waals surface area (Å²) in [6.45, 7) is 60.1. The summed E-state index contributed by atoms with van der Waals surface area (Å²) in [5, 5.41) is 0. The van der Waals surface area contributed by atoms with Gasteiger partial charge in [-0.3, -0.25) is 0 Å². The number of benzene rings is 3. The topological polar surface area (TPSA) is 0 Å². The summed E-state index contributed by atoms with van der Waals surface area (Å²) in [5.41, 5.74) is 34.5. The number of hydrogen-bond donors (Lipinski definition) is 0. The van der Waals surface area contributed by atoms with Crippen LogP contribution >= 0.6 is 0 Å². The molecule has 0 aliphatic heterocycles. The zero-order valence-electron chi connectivity index (χ0n) is 74.1. The van der Waals surface area contributed by atoms with Crippen LogP contribution in [0.3, 0.4) is 0 Å². The lowest BCUT2D eigenvalue weighted by Gasteiger charge is -2.38. The molecular formula is C102H162Si4. The molecule has 0 radical (unpaired) electrons. The molecule has 0 fully saturated rings. The minimum atomic E-state index is -2.19. The highest BCUT2D eigenvalue weighted by atomic mass is 28.3. The standard InChI is InChI=1S/C102H162Si4/c1-26-30-34-38-42-46-50-54-60-91-76-98(101(70-74-105(85(11)12,86(13)14)87(15)16)79-93(91)62-56-52-48-44-40-36-32-28-3)67-65-96-78-95(64-58-59-72-103(23,24)25)100(69-73-104(82(5)6,83(7)8)84(9)10)81-97(96)66-68-99-77-92(61-55-51-47-43-39-35-31-27-2)94(63-57-53-49-45-41-37-33-29-4)80-102(99)71-75-106(88(17)18,89(19)20)90(21)22/h76-90H,26-57,60-63H2,1-25H3. The molecule has 3 aromatic carbocycles. The van der Waals surface area contributed by atoms with Crippen molar-refractivity contribution in [3.8, 4) is 81.4 Å². The van der Waals surface area contributed by atoms with Crippen LogP contribution in [0.2, 0.25) is 69.5 Å². The lowest BCUT2D eigenvalue weighted by molar-refractivity contribution is 0.570. The van der Waals surface area contributed by atoms with Crippen LogP contribution in [0.5, 0.6) is 0 Å². The molecule has 0 unspecified atom stereocenters. The summed E-state index contributed by atoms with van der Waals surface area (Å²) in [4.78, 5) is 0. The fourth-order valence-corrected chi connectivity index (χ4v) is 34.0. The highest BCUT2D eigenvalue weighted by Gasteiger charge is 2.44. The smallest absolute Gasteiger partial charge is 0.125 e. The molecule has 0 spiro atoms. The van der Waals surface area contributed by atoms with Crippen molar-refractivity contribution in [2.24, 2.45) is 0 Å². The average molecular weight is 1500 g/mol. The Morgan fingerprint density at radius 2 is 0.387 bits per heavy atom. The van der Waals surface area contributed by atoms with Gasteiger partial charge in [0.15, 0.2) is 0 Å². The van der Waals surface area contributed by atoms with Crippen LogP contribution in [0, 0.1) is 81.4 Å². The molecule has 0 bridgehead atoms. The fraction of sp³-hybridized carbons (Fsp3) is 0.686. The average Bonchev–Trinajstić information content (AvgIpc) is 0.757. The quantitative estimate of drug-likeness (QED) is 0.0301. The minimum absolute atomic E-state index is 0.474. The van der Waals surface area contributed by atoms with Crippen molar-refractivity contribution in [1.29, 1.82) is 0 Å². The molecule has 3 aromatic rings. The van der Waals surface area contributed by atoms with E-state index >= 15 is 0 Å². The SMILES string of the molecule is CCCCCCCCCCc1cc(C#Cc2cc(C#CC#C[Si](C)(C)C)c(C#C[Si](C(C)C)(C(C)C)C(C)C)cc2C#Cc2cc(CCCCCCCCCC)c(CCCCCCCCCC)cc2C#C[Si](C(C)C)(C(C)C)C(C)C)c(C#C[Si](C(C)C)(C(C)C)C(C)C)cc1CCCCCCCCCC. The van der Waals surface area contributed by atoms with Crippen molar-refractivity contribution in [3.05, 3.63) is 103 Å². The molecule has 0 saturated carbocycles. The van der Waals surface area contributed by atoms with Crippen molar-refractivity contribution in [2.45, 2.75) is 453 Å². The summed E-state index contributed by atoms with van der Waals surface area (Å²) in [7, 11) is -8.17. The van der Waals surface area contributed by atoms with Crippen LogP contribution in [0.4, 0.5) is 0 Å². The molecule has 0 amide bonds. The van der Waals surface area contributed by atoms with Gasteiger partial charge >= 0.3 is 0 Å². The van der Waals surface area contributed by atoms with Gasteiger partial charge in [0.25, 0.3) is 0 Å². The van der Waals surface area contributed by atoms with Crippen LogP contribution in [0.25, 0.3) is 0 Å². The van der Waals surface area contributed by atoms with Crippen molar-refractivity contribution in [2.75, 3.05) is 0 Å². The van der Waals surface area contributed by atoms with E-state index < -0.39 is 32.3 Å². The molecule has 0 aromatic heterocycles. The van der Waals surface area contributed by atoms with Crippen LogP contribution < -0.4 is 0 Å². The van der Waals surface area contributed by atoms with E-state index in [0.29, 0.717) is 49.9 Å². The van der Waals surface area contributed by atoms with E-state index in [1.54, 1.807) is 0 Å². The highest BCUT2D eigenvalue weighted by molar-refractivity contribution is 6.91. The van der Waals surface area contributed by atoms with E-state index in [1.807, 2.05) is 0 Å². The number of unbranched alkanes of at least 4 members (excludes halogenated alkanes) is 28. The minimum Gasteiger partial charge on any atom is -0.125 e. The summed E-state index contributed by atoms with van der Waals surface area (Å²) < 4.78 is 0. The molecular weight excluding hydrogens is 1340 g/mol. The molecule has 0 heterocycles. The molecule has 0 nitrogen and oxygen atoms in total. The van der Waals surface area contributed by atoms with Crippen LogP contribution in [-0.2, 0) is 25.7 Å². The van der Waals surface area contributed by atoms with E-state index in [9.17, 15) is 0 Å². The summed E-state index contributed by atoms with van der Waals surface area (Å²) >= 11 is 0. The van der Waals surface area contributed by atoms with Gasteiger partial charge < -0.3 is 0 Å². The molecule has 586 valence electrons. The monoisotopic (exact) mass is 1500 g/mol. The Balaban J connectivity index is 2.81. The van der Waals surface area contributed by atoms with Gasteiger partial charge in [0.1, 0.15) is 32.3 Å². The number of aryl methyl sites for hydroxylation is 4. The Hall–Kier alpha value is -4.55. The molecule has 4 heteroatoms. The van der Waals surface area contributed by atoms with Crippen molar-refractivity contribution in [3.63, 3.8) is 0 Å². The van der Waals surface area contributed by atoms with Crippen LogP contribution in [0.1, 0.15) is 425 Å². The third-order valence-corrected chi connectivity index (χ3v) is 44.0. The highest BCUT2D eigenvalue weighted by Crippen LogP contribution is 2.44. The summed E-state index contributed by atoms with van der Waals surface area (Å²) in [6, 6.07) is 14.6. The zero-order chi connectivity index (χ0) is 78.7. The van der Waals surface area contributed by atoms with Gasteiger partial charge in [0, 0.05) is 44.5 Å². The van der Waals surface area contributed by atoms with E-state index in [-0.39, 0.29) is 0 Å². The first-order valence-corrected chi connectivity index (χ1v) is 54.9. The Labute approximate surface area is 665 Å². The number of hydrogen-bond acceptors (Lipinski definition) is 0. The van der Waals surface area contributed by atoms with Gasteiger partial charge in [-0.15, -0.1) is 22.2 Å². The Bertz CT molecular complexity index is 3440. The first-order valence-electron chi connectivity index (χ1n) is 44.7. The van der Waals surface area contributed by atoms with E-state index in [2.05, 4.69) is 290 Å². The second-order valence-electron chi connectivity index (χ2n) is 36.4. The molecule has 0 saturated heterocycles. The normalized spacial score (nSPS) is 11.9. The Morgan fingerprint density at radius 3 is 0.594 bits per heavy atom. The van der Waals surface area contributed by atoms with Crippen LogP contribution in [-0.4, -0.2) is 32.3 Å². The summed E-state index contributed by atoms with van der Waals surface area (Å²) in [6.07, 6.45) is 46.3. The fourth-order valence-electron chi connectivity index (χ4n) is 17.9. The van der Waals surface area contributed by atoms with Crippen molar-refractivity contribution >= 4 is 32.3 Å².